The third-order valence-corrected chi connectivity index (χ3v) is 5.02. The molecule has 2 heterocycles. The van der Waals surface area contributed by atoms with Crippen LogP contribution < -0.4 is 10.1 Å². The zero-order valence-electron chi connectivity index (χ0n) is 15.9. The second-order valence-corrected chi connectivity index (χ2v) is 6.87. The molecule has 148 valence electrons. The fourth-order valence-electron chi connectivity index (χ4n) is 3.31. The van der Waals surface area contributed by atoms with Crippen molar-refractivity contribution in [2.24, 2.45) is 5.92 Å². The van der Waals surface area contributed by atoms with E-state index in [1.54, 1.807) is 60.7 Å². The molecule has 28 heavy (non-hydrogen) atoms. The number of likely N-dealkylation sites (tertiary alicyclic amines) is 1. The summed E-state index contributed by atoms with van der Waals surface area (Å²) in [5.74, 6) is 0.411. The number of nitrogens with zero attached hydrogens (tertiary/aromatic N) is 2. The van der Waals surface area contributed by atoms with Crippen LogP contribution in [0, 0.1) is 5.92 Å². The average molecular weight is 383 g/mol. The molecule has 1 aliphatic rings. The molecule has 1 fully saturated rings. The number of aliphatic hydroxyl groups excluding tert-OH is 1. The summed E-state index contributed by atoms with van der Waals surface area (Å²) in [5, 5.41) is 13.3. The lowest BCUT2D eigenvalue weighted by Gasteiger charge is -2.33. The van der Waals surface area contributed by atoms with E-state index in [1.807, 2.05) is 0 Å². The van der Waals surface area contributed by atoms with Crippen molar-refractivity contribution in [3.8, 4) is 5.75 Å². The van der Waals surface area contributed by atoms with Gasteiger partial charge in [-0.1, -0.05) is 18.2 Å². The monoisotopic (exact) mass is 383 g/mol. The zero-order valence-corrected chi connectivity index (χ0v) is 15.9. The molecule has 3 rings (SSSR count). The van der Waals surface area contributed by atoms with Gasteiger partial charge >= 0.3 is 0 Å². The first-order valence-corrected chi connectivity index (χ1v) is 9.38. The number of hydrogen-bond donors (Lipinski definition) is 2. The molecule has 1 aromatic carbocycles. The van der Waals surface area contributed by atoms with Crippen molar-refractivity contribution in [3.63, 3.8) is 0 Å². The van der Waals surface area contributed by atoms with Crippen LogP contribution in [0.4, 0.5) is 0 Å². The molecule has 0 radical (unpaired) electrons. The van der Waals surface area contributed by atoms with Gasteiger partial charge in [-0.3, -0.25) is 14.6 Å². The number of aliphatic hydroxyl groups is 1. The lowest BCUT2D eigenvalue weighted by Crippen LogP contribution is -2.43. The maximum absolute atomic E-state index is 12.6. The number of carbonyl (C=O) groups excluding carboxylic acids is 2. The molecule has 0 saturated carbocycles. The third kappa shape index (κ3) is 4.86. The molecule has 2 N–H and O–H groups in total. The maximum Gasteiger partial charge on any atom is 0.269 e. The van der Waals surface area contributed by atoms with E-state index < -0.39 is 6.10 Å². The van der Waals surface area contributed by atoms with Gasteiger partial charge in [0.1, 0.15) is 11.4 Å². The van der Waals surface area contributed by atoms with E-state index >= 15 is 0 Å². The zero-order chi connectivity index (χ0) is 19.9. The Kier molecular flexibility index (Phi) is 6.60. The molecule has 1 unspecified atom stereocenters. The van der Waals surface area contributed by atoms with Crippen molar-refractivity contribution < 1.29 is 19.4 Å². The van der Waals surface area contributed by atoms with Gasteiger partial charge in [0.05, 0.1) is 7.11 Å². The minimum absolute atomic E-state index is 0.187. The first-order chi connectivity index (χ1) is 13.6. The largest absolute Gasteiger partial charge is 0.497 e. The molecule has 0 aliphatic carbocycles. The molecular weight excluding hydrogens is 358 g/mol. The standard InChI is InChI=1S/C21H25N3O4/c1-28-17-6-4-5-16(13-17)19(25)21(27)24-11-8-15(9-12-24)14-23-20(26)18-7-2-3-10-22-18/h2-7,10,13,15,19,25H,8-9,11-12,14H2,1H3,(H,23,26). The van der Waals surface area contributed by atoms with Crippen LogP contribution in [-0.2, 0) is 4.79 Å². The lowest BCUT2D eigenvalue weighted by molar-refractivity contribution is -0.142. The van der Waals surface area contributed by atoms with Crippen LogP contribution in [0.2, 0.25) is 0 Å². The lowest BCUT2D eigenvalue weighted by atomic mass is 9.96. The van der Waals surface area contributed by atoms with Gasteiger partial charge in [-0.05, 0) is 48.6 Å². The van der Waals surface area contributed by atoms with Crippen LogP contribution >= 0.6 is 0 Å². The van der Waals surface area contributed by atoms with Gasteiger partial charge in [0.15, 0.2) is 6.10 Å². The highest BCUT2D eigenvalue weighted by molar-refractivity contribution is 5.92. The summed E-state index contributed by atoms with van der Waals surface area (Å²) >= 11 is 0. The van der Waals surface area contributed by atoms with Crippen LogP contribution in [0.5, 0.6) is 5.75 Å². The number of nitrogens with one attached hydrogen (secondary N) is 1. The van der Waals surface area contributed by atoms with E-state index in [4.69, 9.17) is 4.74 Å². The summed E-state index contributed by atoms with van der Waals surface area (Å²) in [7, 11) is 1.55. The number of pyridine rings is 1. The Labute approximate surface area is 164 Å². The third-order valence-electron chi connectivity index (χ3n) is 5.02. The normalized spacial score (nSPS) is 15.7. The predicted molar refractivity (Wildman–Crippen MR) is 104 cm³/mol. The molecule has 0 bridgehead atoms. The molecule has 7 nitrogen and oxygen atoms in total. The van der Waals surface area contributed by atoms with E-state index in [0.717, 1.165) is 12.8 Å². The summed E-state index contributed by atoms with van der Waals surface area (Å²) in [6.07, 6.45) is 1.95. The number of methoxy groups -OCH3 is 1. The van der Waals surface area contributed by atoms with Gasteiger partial charge in [0.2, 0.25) is 0 Å². The first-order valence-electron chi connectivity index (χ1n) is 9.38. The van der Waals surface area contributed by atoms with Gasteiger partial charge in [-0.15, -0.1) is 0 Å². The highest BCUT2D eigenvalue weighted by Crippen LogP contribution is 2.24. The van der Waals surface area contributed by atoms with E-state index in [9.17, 15) is 14.7 Å². The van der Waals surface area contributed by atoms with E-state index in [0.29, 0.717) is 42.6 Å². The Morgan fingerprint density at radius 1 is 1.25 bits per heavy atom. The molecule has 1 atom stereocenters. The molecule has 2 amide bonds. The Bertz CT molecular complexity index is 804. The SMILES string of the molecule is COc1cccc(C(O)C(=O)N2CCC(CNC(=O)c3ccccn3)CC2)c1. The average Bonchev–Trinajstić information content (AvgIpc) is 2.77. The molecule has 0 spiro atoms. The van der Waals surface area contributed by atoms with Crippen LogP contribution in [-0.4, -0.2) is 53.5 Å². The van der Waals surface area contributed by atoms with Gasteiger partial charge in [-0.2, -0.15) is 0 Å². The maximum atomic E-state index is 12.6. The topological polar surface area (TPSA) is 91.8 Å². The summed E-state index contributed by atoms with van der Waals surface area (Å²) < 4.78 is 5.15. The first kappa shape index (κ1) is 19.8. The Balaban J connectivity index is 1.48. The molecular formula is C21H25N3O4. The Morgan fingerprint density at radius 3 is 2.71 bits per heavy atom. The molecule has 1 saturated heterocycles. The molecule has 1 aliphatic heterocycles. The summed E-state index contributed by atoms with van der Waals surface area (Å²) in [5.41, 5.74) is 0.922. The van der Waals surface area contributed by atoms with Crippen molar-refractivity contribution in [3.05, 3.63) is 59.9 Å². The minimum Gasteiger partial charge on any atom is -0.497 e. The number of rotatable bonds is 6. The number of carbonyl (C=O) groups is 2. The van der Waals surface area contributed by atoms with E-state index in [1.165, 1.54) is 0 Å². The molecule has 1 aromatic heterocycles. The Hall–Kier alpha value is -2.93. The molecule has 2 aromatic rings. The van der Waals surface area contributed by atoms with Crippen LogP contribution in [0.1, 0.15) is 35.0 Å². The van der Waals surface area contributed by atoms with Crippen LogP contribution in [0.3, 0.4) is 0 Å². The smallest absolute Gasteiger partial charge is 0.269 e. The van der Waals surface area contributed by atoms with Gasteiger partial charge in [0.25, 0.3) is 11.8 Å². The second-order valence-electron chi connectivity index (χ2n) is 6.87. The van der Waals surface area contributed by atoms with E-state index in [2.05, 4.69) is 10.3 Å². The summed E-state index contributed by atoms with van der Waals surface area (Å²) in [4.78, 5) is 30.4. The highest BCUT2D eigenvalue weighted by atomic mass is 16.5. The number of amides is 2. The van der Waals surface area contributed by atoms with Crippen molar-refractivity contribution in [2.75, 3.05) is 26.7 Å². The minimum atomic E-state index is -1.20. The van der Waals surface area contributed by atoms with Crippen molar-refractivity contribution in [1.29, 1.82) is 0 Å². The summed E-state index contributed by atoms with van der Waals surface area (Å²) in [6.45, 7) is 1.67. The van der Waals surface area contributed by atoms with Gasteiger partial charge in [-0.25, -0.2) is 0 Å². The van der Waals surface area contributed by atoms with Gasteiger partial charge in [0, 0.05) is 25.8 Å². The summed E-state index contributed by atoms with van der Waals surface area (Å²) in [6, 6.07) is 12.1. The number of hydrogen-bond acceptors (Lipinski definition) is 5. The van der Waals surface area contributed by atoms with Crippen LogP contribution in [0.15, 0.2) is 48.7 Å². The van der Waals surface area contributed by atoms with Crippen molar-refractivity contribution >= 4 is 11.8 Å². The fourth-order valence-corrected chi connectivity index (χ4v) is 3.31. The van der Waals surface area contributed by atoms with Crippen molar-refractivity contribution in [1.82, 2.24) is 15.2 Å². The number of ether oxygens (including phenoxy) is 1. The molecule has 7 heteroatoms. The Morgan fingerprint density at radius 2 is 2.04 bits per heavy atom. The van der Waals surface area contributed by atoms with Gasteiger partial charge < -0.3 is 20.1 Å². The van der Waals surface area contributed by atoms with E-state index in [-0.39, 0.29) is 11.8 Å². The number of benzene rings is 1. The van der Waals surface area contributed by atoms with Crippen molar-refractivity contribution in [2.45, 2.75) is 18.9 Å². The number of piperidine rings is 1. The van der Waals surface area contributed by atoms with Crippen LogP contribution in [0.25, 0.3) is 0 Å². The quantitative estimate of drug-likeness (QED) is 0.794. The predicted octanol–water partition coefficient (Wildman–Crippen LogP) is 1.79. The fraction of sp³-hybridized carbons (Fsp3) is 0.381. The second kappa shape index (κ2) is 9.32. The highest BCUT2D eigenvalue weighted by Gasteiger charge is 2.28. The number of aromatic nitrogens is 1.